The van der Waals surface area contributed by atoms with Crippen LogP contribution in [0.4, 0.5) is 0 Å². The van der Waals surface area contributed by atoms with Gasteiger partial charge in [0.25, 0.3) is 0 Å². The molecule has 1 saturated carbocycles. The quantitative estimate of drug-likeness (QED) is 0.847. The van der Waals surface area contributed by atoms with Crippen LogP contribution in [0.25, 0.3) is 0 Å². The zero-order chi connectivity index (χ0) is 11.8. The van der Waals surface area contributed by atoms with E-state index in [0.717, 1.165) is 25.0 Å². The lowest BCUT2D eigenvalue weighted by Crippen LogP contribution is -2.59. The van der Waals surface area contributed by atoms with E-state index in [1.807, 2.05) is 13.2 Å². The van der Waals surface area contributed by atoms with Crippen molar-refractivity contribution in [3.63, 3.8) is 0 Å². The molecule has 1 heterocycles. The maximum absolute atomic E-state index is 9.91. The molecule has 1 N–H and O–H groups in total. The SMILES string of the molecule is CCC1(CC)C(O)CC1Oc1cnn(C)c1. The number of rotatable bonds is 4. The van der Waals surface area contributed by atoms with Crippen molar-refractivity contribution in [1.82, 2.24) is 9.78 Å². The molecule has 0 bridgehead atoms. The molecule has 2 rings (SSSR count). The number of aromatic nitrogens is 2. The second kappa shape index (κ2) is 4.09. The Bertz CT molecular complexity index is 358. The van der Waals surface area contributed by atoms with Gasteiger partial charge in [0.2, 0.25) is 0 Å². The van der Waals surface area contributed by atoms with E-state index in [1.165, 1.54) is 0 Å². The van der Waals surface area contributed by atoms with Crippen molar-refractivity contribution >= 4 is 0 Å². The molecule has 1 aromatic heterocycles. The molecule has 0 spiro atoms. The fourth-order valence-electron chi connectivity index (χ4n) is 2.69. The zero-order valence-corrected chi connectivity index (χ0v) is 10.2. The monoisotopic (exact) mass is 224 g/mol. The highest BCUT2D eigenvalue weighted by molar-refractivity contribution is 5.15. The molecule has 1 aliphatic carbocycles. The van der Waals surface area contributed by atoms with Crippen LogP contribution in [0.2, 0.25) is 0 Å². The first-order valence-corrected chi connectivity index (χ1v) is 5.95. The van der Waals surface area contributed by atoms with Crippen LogP contribution < -0.4 is 4.74 Å². The molecule has 2 atom stereocenters. The normalized spacial score (nSPS) is 27.5. The van der Waals surface area contributed by atoms with Gasteiger partial charge in [0.15, 0.2) is 5.75 Å². The van der Waals surface area contributed by atoms with Crippen molar-refractivity contribution in [2.75, 3.05) is 0 Å². The molecule has 4 heteroatoms. The Hall–Kier alpha value is -1.03. The first-order chi connectivity index (χ1) is 7.62. The van der Waals surface area contributed by atoms with E-state index in [2.05, 4.69) is 18.9 Å². The van der Waals surface area contributed by atoms with Gasteiger partial charge in [-0.2, -0.15) is 5.10 Å². The molecule has 0 aliphatic heterocycles. The minimum atomic E-state index is -0.218. The van der Waals surface area contributed by atoms with Crippen molar-refractivity contribution in [2.24, 2.45) is 12.5 Å². The Morgan fingerprint density at radius 2 is 2.25 bits per heavy atom. The van der Waals surface area contributed by atoms with Gasteiger partial charge in [-0.05, 0) is 12.8 Å². The minimum absolute atomic E-state index is 0.0597. The number of hydrogen-bond donors (Lipinski definition) is 1. The number of ether oxygens (including phenoxy) is 1. The predicted molar refractivity (Wildman–Crippen MR) is 61.3 cm³/mol. The lowest BCUT2D eigenvalue weighted by molar-refractivity contribution is -0.159. The van der Waals surface area contributed by atoms with E-state index in [4.69, 9.17) is 4.74 Å². The number of nitrogens with zero attached hydrogens (tertiary/aromatic N) is 2. The van der Waals surface area contributed by atoms with Crippen LogP contribution in [0.3, 0.4) is 0 Å². The number of aryl methyl sites for hydroxylation is 1. The summed E-state index contributed by atoms with van der Waals surface area (Å²) in [5.41, 5.74) is -0.0597. The summed E-state index contributed by atoms with van der Waals surface area (Å²) in [6, 6.07) is 0. The van der Waals surface area contributed by atoms with Gasteiger partial charge in [0.1, 0.15) is 6.10 Å². The van der Waals surface area contributed by atoms with Crippen molar-refractivity contribution in [3.8, 4) is 5.75 Å². The highest BCUT2D eigenvalue weighted by atomic mass is 16.5. The van der Waals surface area contributed by atoms with Gasteiger partial charge in [-0.1, -0.05) is 13.8 Å². The van der Waals surface area contributed by atoms with E-state index < -0.39 is 0 Å². The van der Waals surface area contributed by atoms with Gasteiger partial charge in [-0.15, -0.1) is 0 Å². The Morgan fingerprint density at radius 3 is 2.69 bits per heavy atom. The maximum atomic E-state index is 9.91. The standard InChI is InChI=1S/C12H20N2O2/c1-4-12(5-2)10(15)6-11(12)16-9-7-13-14(3)8-9/h7-8,10-11,15H,4-6H2,1-3H3. The molecule has 1 aliphatic rings. The molecule has 4 nitrogen and oxygen atoms in total. The summed E-state index contributed by atoms with van der Waals surface area (Å²) in [6.45, 7) is 4.23. The molecule has 16 heavy (non-hydrogen) atoms. The van der Waals surface area contributed by atoms with Crippen molar-refractivity contribution < 1.29 is 9.84 Å². The summed E-state index contributed by atoms with van der Waals surface area (Å²) in [5, 5.41) is 14.0. The van der Waals surface area contributed by atoms with Crippen LogP contribution in [0.5, 0.6) is 5.75 Å². The van der Waals surface area contributed by atoms with E-state index in [-0.39, 0.29) is 17.6 Å². The first kappa shape index (κ1) is 11.5. The summed E-state index contributed by atoms with van der Waals surface area (Å²) in [6.07, 6.45) is 6.13. The van der Waals surface area contributed by atoms with Crippen LogP contribution in [0.15, 0.2) is 12.4 Å². The number of aliphatic hydroxyl groups is 1. The molecular formula is C12H20N2O2. The lowest BCUT2D eigenvalue weighted by Gasteiger charge is -2.52. The van der Waals surface area contributed by atoms with Gasteiger partial charge >= 0.3 is 0 Å². The van der Waals surface area contributed by atoms with Gasteiger partial charge in [0, 0.05) is 18.9 Å². The molecule has 90 valence electrons. The number of hydrogen-bond acceptors (Lipinski definition) is 3. The van der Waals surface area contributed by atoms with Crippen LogP contribution in [0, 0.1) is 5.41 Å². The zero-order valence-electron chi connectivity index (χ0n) is 10.2. The Morgan fingerprint density at radius 1 is 1.56 bits per heavy atom. The summed E-state index contributed by atoms with van der Waals surface area (Å²) in [4.78, 5) is 0. The van der Waals surface area contributed by atoms with E-state index in [0.29, 0.717) is 0 Å². The lowest BCUT2D eigenvalue weighted by atomic mass is 9.60. The highest BCUT2D eigenvalue weighted by Crippen LogP contribution is 2.48. The van der Waals surface area contributed by atoms with E-state index >= 15 is 0 Å². The molecule has 1 aromatic rings. The summed E-state index contributed by atoms with van der Waals surface area (Å²) < 4.78 is 7.62. The fourth-order valence-corrected chi connectivity index (χ4v) is 2.69. The molecule has 2 unspecified atom stereocenters. The van der Waals surface area contributed by atoms with Crippen molar-refractivity contribution in [2.45, 2.75) is 45.3 Å². The second-order valence-electron chi connectivity index (χ2n) is 4.65. The second-order valence-corrected chi connectivity index (χ2v) is 4.65. The fraction of sp³-hybridized carbons (Fsp3) is 0.750. The van der Waals surface area contributed by atoms with Gasteiger partial charge < -0.3 is 9.84 Å². The van der Waals surface area contributed by atoms with Crippen LogP contribution in [0.1, 0.15) is 33.1 Å². The van der Waals surface area contributed by atoms with Crippen LogP contribution in [-0.4, -0.2) is 27.1 Å². The first-order valence-electron chi connectivity index (χ1n) is 5.95. The number of aliphatic hydroxyl groups excluding tert-OH is 1. The third-order valence-electron chi connectivity index (χ3n) is 4.02. The smallest absolute Gasteiger partial charge is 0.157 e. The summed E-state index contributed by atoms with van der Waals surface area (Å²) in [5.74, 6) is 0.797. The van der Waals surface area contributed by atoms with E-state index in [9.17, 15) is 5.11 Å². The molecule has 0 amide bonds. The van der Waals surface area contributed by atoms with Gasteiger partial charge in [0.05, 0.1) is 18.5 Å². The predicted octanol–water partition coefficient (Wildman–Crippen LogP) is 1.74. The van der Waals surface area contributed by atoms with Crippen LogP contribution >= 0.6 is 0 Å². The van der Waals surface area contributed by atoms with E-state index in [1.54, 1.807) is 10.9 Å². The largest absolute Gasteiger partial charge is 0.486 e. The summed E-state index contributed by atoms with van der Waals surface area (Å²) in [7, 11) is 1.87. The summed E-state index contributed by atoms with van der Waals surface area (Å²) >= 11 is 0. The minimum Gasteiger partial charge on any atom is -0.486 e. The molecular weight excluding hydrogens is 204 g/mol. The average molecular weight is 224 g/mol. The van der Waals surface area contributed by atoms with Gasteiger partial charge in [-0.25, -0.2) is 0 Å². The average Bonchev–Trinajstić information content (AvgIpc) is 2.65. The van der Waals surface area contributed by atoms with Crippen LogP contribution in [-0.2, 0) is 7.05 Å². The third kappa shape index (κ3) is 1.61. The molecule has 0 aromatic carbocycles. The van der Waals surface area contributed by atoms with Gasteiger partial charge in [-0.3, -0.25) is 4.68 Å². The van der Waals surface area contributed by atoms with Crippen molar-refractivity contribution in [1.29, 1.82) is 0 Å². The third-order valence-corrected chi connectivity index (χ3v) is 4.02. The molecule has 0 saturated heterocycles. The maximum Gasteiger partial charge on any atom is 0.157 e. The molecule has 0 radical (unpaired) electrons. The molecule has 1 fully saturated rings. The Kier molecular flexibility index (Phi) is 2.93. The highest BCUT2D eigenvalue weighted by Gasteiger charge is 2.53. The Labute approximate surface area is 96.2 Å². The Balaban J connectivity index is 2.06. The topological polar surface area (TPSA) is 47.3 Å². The van der Waals surface area contributed by atoms with Crippen molar-refractivity contribution in [3.05, 3.63) is 12.4 Å².